The summed E-state index contributed by atoms with van der Waals surface area (Å²) in [5.74, 6) is -0.583. The van der Waals surface area contributed by atoms with Gasteiger partial charge in [-0.25, -0.2) is 13.4 Å². The van der Waals surface area contributed by atoms with Crippen LogP contribution in [-0.2, 0) is 22.9 Å². The van der Waals surface area contributed by atoms with Crippen molar-refractivity contribution in [2.45, 2.75) is 36.1 Å². The number of fused-ring (bicyclic) bond motifs is 3. The van der Waals surface area contributed by atoms with Crippen molar-refractivity contribution in [1.29, 1.82) is 0 Å². The van der Waals surface area contributed by atoms with E-state index >= 15 is 0 Å². The minimum atomic E-state index is -3.35. The molecule has 3 aromatic rings. The molecule has 4 heterocycles. The minimum absolute atomic E-state index is 0.0513. The van der Waals surface area contributed by atoms with Crippen molar-refractivity contribution in [3.63, 3.8) is 0 Å². The van der Waals surface area contributed by atoms with E-state index in [9.17, 15) is 12.8 Å². The average Bonchev–Trinajstić information content (AvgIpc) is 3.39. The standard InChI is InChI=1S/C21H21FN4O2S/c1-2-26-11-14(8-24-26)10-25-12-18-17-7-15(16-4-6-21(22)23-9-16)3-5-19(17)29(27,28)20(18)13-25/h3-9,11,18,20H,2,10,12-13H2,1H3/t18-,20-/m0/s1. The summed E-state index contributed by atoms with van der Waals surface area (Å²) in [5.41, 5.74) is 3.59. The zero-order valence-electron chi connectivity index (χ0n) is 16.0. The molecule has 8 heteroatoms. The third-order valence-electron chi connectivity index (χ3n) is 5.93. The van der Waals surface area contributed by atoms with Gasteiger partial charge in [-0.1, -0.05) is 6.07 Å². The summed E-state index contributed by atoms with van der Waals surface area (Å²) in [6.07, 6.45) is 5.33. The first kappa shape index (κ1) is 18.4. The molecule has 29 heavy (non-hydrogen) atoms. The van der Waals surface area contributed by atoms with Crippen LogP contribution < -0.4 is 0 Å². The molecule has 0 bridgehead atoms. The summed E-state index contributed by atoms with van der Waals surface area (Å²) < 4.78 is 41.2. The number of pyridine rings is 1. The number of aromatic nitrogens is 3. The van der Waals surface area contributed by atoms with E-state index in [0.29, 0.717) is 24.5 Å². The molecule has 6 nitrogen and oxygen atoms in total. The molecule has 0 N–H and O–H groups in total. The average molecular weight is 412 g/mol. The van der Waals surface area contributed by atoms with Crippen LogP contribution in [0.25, 0.3) is 11.1 Å². The van der Waals surface area contributed by atoms with Gasteiger partial charge in [-0.05, 0) is 42.3 Å². The van der Waals surface area contributed by atoms with Gasteiger partial charge < -0.3 is 0 Å². The molecule has 1 aromatic carbocycles. The lowest BCUT2D eigenvalue weighted by atomic mass is 9.95. The third kappa shape index (κ3) is 3.07. The number of nitrogens with zero attached hydrogens (tertiary/aromatic N) is 4. The normalized spacial score (nSPS) is 22.6. The van der Waals surface area contributed by atoms with Gasteiger partial charge >= 0.3 is 0 Å². The Hall–Kier alpha value is -2.58. The van der Waals surface area contributed by atoms with E-state index in [0.717, 1.165) is 28.8 Å². The van der Waals surface area contributed by atoms with Crippen LogP contribution in [-0.4, -0.2) is 46.4 Å². The lowest BCUT2D eigenvalue weighted by molar-refractivity contribution is 0.325. The zero-order valence-corrected chi connectivity index (χ0v) is 16.8. The van der Waals surface area contributed by atoms with Crippen molar-refractivity contribution >= 4 is 9.84 Å². The molecule has 0 spiro atoms. The van der Waals surface area contributed by atoms with Gasteiger partial charge in [0.1, 0.15) is 0 Å². The molecule has 0 radical (unpaired) electrons. The Balaban J connectivity index is 1.45. The van der Waals surface area contributed by atoms with Gasteiger partial charge in [0.05, 0.1) is 16.3 Å². The van der Waals surface area contributed by atoms with Gasteiger partial charge in [-0.3, -0.25) is 9.58 Å². The predicted molar refractivity (Wildman–Crippen MR) is 107 cm³/mol. The number of hydrogen-bond acceptors (Lipinski definition) is 5. The summed E-state index contributed by atoms with van der Waals surface area (Å²) in [6, 6.07) is 8.39. The lowest BCUT2D eigenvalue weighted by Crippen LogP contribution is -2.25. The number of hydrogen-bond donors (Lipinski definition) is 0. The molecule has 1 saturated heterocycles. The summed E-state index contributed by atoms with van der Waals surface area (Å²) in [5, 5.41) is 3.89. The maximum Gasteiger partial charge on any atom is 0.212 e. The molecule has 2 atom stereocenters. The van der Waals surface area contributed by atoms with Gasteiger partial charge in [0.2, 0.25) is 5.95 Å². The van der Waals surface area contributed by atoms with Gasteiger partial charge in [0, 0.05) is 55.6 Å². The Labute approximate surface area is 168 Å². The number of rotatable bonds is 4. The van der Waals surface area contributed by atoms with Crippen molar-refractivity contribution in [1.82, 2.24) is 19.7 Å². The first-order chi connectivity index (χ1) is 14.0. The van der Waals surface area contributed by atoms with Crippen LogP contribution in [0.3, 0.4) is 0 Å². The highest BCUT2D eigenvalue weighted by molar-refractivity contribution is 7.92. The molecular formula is C21H21FN4O2S. The fraction of sp³-hybridized carbons (Fsp3) is 0.333. The van der Waals surface area contributed by atoms with Crippen LogP contribution in [0.1, 0.15) is 24.0 Å². The smallest absolute Gasteiger partial charge is 0.212 e. The molecule has 5 rings (SSSR count). The number of benzene rings is 1. The van der Waals surface area contributed by atoms with E-state index in [1.165, 1.54) is 12.3 Å². The number of halogens is 1. The van der Waals surface area contributed by atoms with Crippen LogP contribution >= 0.6 is 0 Å². The molecule has 0 amide bonds. The summed E-state index contributed by atoms with van der Waals surface area (Å²) in [4.78, 5) is 6.34. The molecule has 2 aliphatic heterocycles. The van der Waals surface area contributed by atoms with E-state index in [2.05, 4.69) is 15.0 Å². The summed E-state index contributed by atoms with van der Waals surface area (Å²) in [7, 11) is -3.35. The Morgan fingerprint density at radius 3 is 2.69 bits per heavy atom. The van der Waals surface area contributed by atoms with Crippen LogP contribution in [0.5, 0.6) is 0 Å². The second kappa shape index (κ2) is 6.74. The maximum atomic E-state index is 13.1. The quantitative estimate of drug-likeness (QED) is 0.617. The topological polar surface area (TPSA) is 68.1 Å². The Morgan fingerprint density at radius 2 is 1.97 bits per heavy atom. The first-order valence-corrected chi connectivity index (χ1v) is 11.2. The second-order valence-electron chi connectivity index (χ2n) is 7.71. The van der Waals surface area contributed by atoms with Gasteiger partial charge in [0.15, 0.2) is 9.84 Å². The van der Waals surface area contributed by atoms with E-state index < -0.39 is 21.0 Å². The number of sulfone groups is 1. The van der Waals surface area contributed by atoms with Crippen molar-refractivity contribution < 1.29 is 12.8 Å². The van der Waals surface area contributed by atoms with Gasteiger partial charge in [0.25, 0.3) is 0 Å². The lowest BCUT2D eigenvalue weighted by Gasteiger charge is -2.16. The minimum Gasteiger partial charge on any atom is -0.297 e. The predicted octanol–water partition coefficient (Wildman–Crippen LogP) is 2.86. The molecule has 1 fully saturated rings. The number of likely N-dealkylation sites (tertiary alicyclic amines) is 1. The highest BCUT2D eigenvalue weighted by Gasteiger charge is 2.50. The van der Waals surface area contributed by atoms with Gasteiger partial charge in [-0.15, -0.1) is 0 Å². The zero-order chi connectivity index (χ0) is 20.2. The largest absolute Gasteiger partial charge is 0.297 e. The van der Waals surface area contributed by atoms with E-state index in [-0.39, 0.29) is 5.92 Å². The molecule has 2 aromatic heterocycles. The number of aryl methyl sites for hydroxylation is 1. The third-order valence-corrected chi connectivity index (χ3v) is 8.19. The second-order valence-corrected chi connectivity index (χ2v) is 9.85. The SMILES string of the molecule is CCn1cc(CN2C[C@H]3c4cc(-c5ccc(F)nc5)ccc4S(=O)(=O)[C@H]3C2)cn1. The van der Waals surface area contributed by atoms with Crippen molar-refractivity contribution in [3.8, 4) is 11.1 Å². The van der Waals surface area contributed by atoms with Crippen molar-refractivity contribution in [3.05, 3.63) is 66.0 Å². The molecule has 0 saturated carbocycles. The fourth-order valence-electron chi connectivity index (χ4n) is 4.50. The van der Waals surface area contributed by atoms with Crippen LogP contribution in [0.2, 0.25) is 0 Å². The van der Waals surface area contributed by atoms with E-state index in [1.54, 1.807) is 18.2 Å². The Bertz CT molecular complexity index is 1170. The first-order valence-electron chi connectivity index (χ1n) is 9.69. The summed E-state index contributed by atoms with van der Waals surface area (Å²) in [6.45, 7) is 4.76. The Morgan fingerprint density at radius 1 is 1.14 bits per heavy atom. The van der Waals surface area contributed by atoms with Gasteiger partial charge in [-0.2, -0.15) is 9.49 Å². The molecule has 0 aliphatic carbocycles. The molecule has 0 unspecified atom stereocenters. The van der Waals surface area contributed by atoms with Crippen molar-refractivity contribution in [2.75, 3.05) is 13.1 Å². The molecule has 150 valence electrons. The van der Waals surface area contributed by atoms with Crippen LogP contribution in [0, 0.1) is 5.95 Å². The van der Waals surface area contributed by atoms with E-state index in [4.69, 9.17) is 0 Å². The van der Waals surface area contributed by atoms with Crippen LogP contribution in [0.4, 0.5) is 4.39 Å². The summed E-state index contributed by atoms with van der Waals surface area (Å²) >= 11 is 0. The Kier molecular flexibility index (Phi) is 4.29. The highest BCUT2D eigenvalue weighted by Crippen LogP contribution is 2.46. The molecular weight excluding hydrogens is 391 g/mol. The van der Waals surface area contributed by atoms with E-state index in [1.807, 2.05) is 30.1 Å². The van der Waals surface area contributed by atoms with Crippen molar-refractivity contribution in [2.24, 2.45) is 0 Å². The monoisotopic (exact) mass is 412 g/mol. The highest BCUT2D eigenvalue weighted by atomic mass is 32.2. The maximum absolute atomic E-state index is 13.1. The fourth-order valence-corrected chi connectivity index (χ4v) is 6.69. The molecule has 2 aliphatic rings. The van der Waals surface area contributed by atoms with Crippen LogP contribution in [0.15, 0.2) is 53.8 Å².